The van der Waals surface area contributed by atoms with E-state index in [-0.39, 0.29) is 11.9 Å². The summed E-state index contributed by atoms with van der Waals surface area (Å²) in [6.45, 7) is 2.61. The lowest BCUT2D eigenvalue weighted by Crippen LogP contribution is -2.17. The van der Waals surface area contributed by atoms with Gasteiger partial charge in [0.1, 0.15) is 5.82 Å². The highest BCUT2D eigenvalue weighted by atomic mass is 32.1. The second-order valence-corrected chi connectivity index (χ2v) is 5.06. The first-order valence-corrected chi connectivity index (χ1v) is 6.53. The molecular formula is C14H13FN2S. The Bertz CT molecular complexity index is 558. The number of halogens is 1. The second-order valence-electron chi connectivity index (χ2n) is 4.08. The summed E-state index contributed by atoms with van der Waals surface area (Å²) in [6, 6.07) is 10.7. The molecule has 0 spiro atoms. The molecule has 18 heavy (non-hydrogen) atoms. The smallest absolute Gasteiger partial charge is 0.124 e. The molecule has 2 rings (SSSR count). The predicted molar refractivity (Wildman–Crippen MR) is 70.7 cm³/mol. The summed E-state index contributed by atoms with van der Waals surface area (Å²) in [7, 11) is 0. The summed E-state index contributed by atoms with van der Waals surface area (Å²) in [5.74, 6) is -0.366. The zero-order valence-electron chi connectivity index (χ0n) is 9.98. The van der Waals surface area contributed by atoms with Crippen LogP contribution in [0.2, 0.25) is 0 Å². The van der Waals surface area contributed by atoms with Crippen LogP contribution in [-0.4, -0.2) is 0 Å². The van der Waals surface area contributed by atoms with E-state index in [9.17, 15) is 4.39 Å². The summed E-state index contributed by atoms with van der Waals surface area (Å²) in [6.07, 6.45) is 0. The van der Waals surface area contributed by atoms with Gasteiger partial charge in [-0.1, -0.05) is 6.07 Å². The van der Waals surface area contributed by atoms with Gasteiger partial charge < -0.3 is 5.32 Å². The monoisotopic (exact) mass is 260 g/mol. The van der Waals surface area contributed by atoms with E-state index in [1.807, 2.05) is 17.5 Å². The van der Waals surface area contributed by atoms with E-state index in [4.69, 9.17) is 5.26 Å². The number of nitriles is 1. The van der Waals surface area contributed by atoms with Crippen LogP contribution in [0.25, 0.3) is 0 Å². The number of thiophene rings is 1. The van der Waals surface area contributed by atoms with E-state index in [0.29, 0.717) is 12.1 Å². The number of hydrogen-bond donors (Lipinski definition) is 1. The van der Waals surface area contributed by atoms with Gasteiger partial charge in [0.2, 0.25) is 0 Å². The van der Waals surface area contributed by atoms with Crippen molar-refractivity contribution >= 4 is 11.3 Å². The molecule has 0 radical (unpaired) electrons. The Morgan fingerprint density at radius 1 is 1.44 bits per heavy atom. The van der Waals surface area contributed by atoms with Crippen molar-refractivity contribution < 1.29 is 4.39 Å². The van der Waals surface area contributed by atoms with E-state index in [1.165, 1.54) is 17.0 Å². The lowest BCUT2D eigenvalue weighted by atomic mass is 10.1. The molecule has 0 saturated heterocycles. The molecule has 4 heteroatoms. The minimum Gasteiger partial charge on any atom is -0.305 e. The van der Waals surface area contributed by atoms with Crippen LogP contribution in [0.3, 0.4) is 0 Å². The van der Waals surface area contributed by atoms with Crippen molar-refractivity contribution in [2.24, 2.45) is 0 Å². The topological polar surface area (TPSA) is 35.8 Å². The fourth-order valence-electron chi connectivity index (χ4n) is 1.73. The zero-order valence-corrected chi connectivity index (χ0v) is 10.8. The van der Waals surface area contributed by atoms with Gasteiger partial charge in [0, 0.05) is 17.5 Å². The van der Waals surface area contributed by atoms with Gasteiger partial charge in [0.15, 0.2) is 0 Å². The van der Waals surface area contributed by atoms with Crippen LogP contribution < -0.4 is 5.32 Å². The van der Waals surface area contributed by atoms with Crippen molar-refractivity contribution in [3.63, 3.8) is 0 Å². The largest absolute Gasteiger partial charge is 0.305 e. The average molecular weight is 260 g/mol. The molecule has 1 aromatic carbocycles. The van der Waals surface area contributed by atoms with E-state index < -0.39 is 0 Å². The van der Waals surface area contributed by atoms with E-state index >= 15 is 0 Å². The van der Waals surface area contributed by atoms with Crippen molar-refractivity contribution in [1.82, 2.24) is 5.32 Å². The van der Waals surface area contributed by atoms with E-state index in [1.54, 1.807) is 17.4 Å². The molecule has 0 aliphatic carbocycles. The molecule has 0 amide bonds. The van der Waals surface area contributed by atoms with Crippen LogP contribution in [0.15, 0.2) is 35.7 Å². The van der Waals surface area contributed by atoms with Gasteiger partial charge in [0.05, 0.1) is 11.6 Å². The Hall–Kier alpha value is -1.70. The highest BCUT2D eigenvalue weighted by molar-refractivity contribution is 7.10. The third-order valence-electron chi connectivity index (χ3n) is 2.67. The van der Waals surface area contributed by atoms with Crippen LogP contribution >= 0.6 is 11.3 Å². The molecule has 0 aliphatic rings. The standard InChI is InChI=1S/C14H13FN2S/c1-10(14-3-2-4-18-14)17-9-12-5-11(8-16)6-13(15)7-12/h2-7,10,17H,9H2,1H3/t10-/m0/s1. The SMILES string of the molecule is C[C@H](NCc1cc(F)cc(C#N)c1)c1cccs1. The molecule has 1 heterocycles. The maximum atomic E-state index is 13.2. The molecule has 0 bridgehead atoms. The molecule has 2 nitrogen and oxygen atoms in total. The third-order valence-corrected chi connectivity index (χ3v) is 3.72. The molecular weight excluding hydrogens is 247 g/mol. The third kappa shape index (κ3) is 3.16. The number of benzene rings is 1. The molecule has 0 fully saturated rings. The molecule has 0 aliphatic heterocycles. The molecule has 0 unspecified atom stereocenters. The van der Waals surface area contributed by atoms with Crippen molar-refractivity contribution in [3.05, 3.63) is 57.5 Å². The quantitative estimate of drug-likeness (QED) is 0.911. The van der Waals surface area contributed by atoms with Gasteiger partial charge >= 0.3 is 0 Å². The van der Waals surface area contributed by atoms with Crippen LogP contribution in [0.5, 0.6) is 0 Å². The number of hydrogen-bond acceptors (Lipinski definition) is 3. The zero-order chi connectivity index (χ0) is 13.0. The first-order chi connectivity index (χ1) is 8.69. The minimum atomic E-state index is -0.366. The second kappa shape index (κ2) is 5.76. The van der Waals surface area contributed by atoms with Crippen molar-refractivity contribution in [2.45, 2.75) is 19.5 Å². The van der Waals surface area contributed by atoms with Crippen molar-refractivity contribution in [1.29, 1.82) is 5.26 Å². The average Bonchev–Trinajstić information content (AvgIpc) is 2.89. The van der Waals surface area contributed by atoms with Crippen molar-refractivity contribution in [2.75, 3.05) is 0 Å². The number of rotatable bonds is 4. The van der Waals surface area contributed by atoms with Gasteiger partial charge in [-0.05, 0) is 42.1 Å². The van der Waals surface area contributed by atoms with Crippen molar-refractivity contribution in [3.8, 4) is 6.07 Å². The van der Waals surface area contributed by atoms with Gasteiger partial charge in [-0.2, -0.15) is 5.26 Å². The highest BCUT2D eigenvalue weighted by Crippen LogP contribution is 2.19. The first kappa shape index (κ1) is 12.7. The number of nitrogens with zero attached hydrogens (tertiary/aromatic N) is 1. The van der Waals surface area contributed by atoms with Crippen LogP contribution in [0.1, 0.15) is 29.0 Å². The van der Waals surface area contributed by atoms with Gasteiger partial charge in [-0.15, -0.1) is 11.3 Å². The predicted octanol–water partition coefficient (Wildman–Crippen LogP) is 3.61. The Kier molecular flexibility index (Phi) is 4.08. The molecule has 1 aromatic heterocycles. The Morgan fingerprint density at radius 2 is 2.28 bits per heavy atom. The summed E-state index contributed by atoms with van der Waals surface area (Å²) in [5, 5.41) is 14.1. The molecule has 1 atom stereocenters. The van der Waals surface area contributed by atoms with E-state index in [0.717, 1.165) is 5.56 Å². The van der Waals surface area contributed by atoms with Gasteiger partial charge in [0.25, 0.3) is 0 Å². The van der Waals surface area contributed by atoms with Gasteiger partial charge in [-0.25, -0.2) is 4.39 Å². The summed E-state index contributed by atoms with van der Waals surface area (Å²) < 4.78 is 13.2. The summed E-state index contributed by atoms with van der Waals surface area (Å²) in [4.78, 5) is 1.24. The fraction of sp³-hybridized carbons (Fsp3) is 0.214. The van der Waals surface area contributed by atoms with Gasteiger partial charge in [-0.3, -0.25) is 0 Å². The maximum Gasteiger partial charge on any atom is 0.124 e. The summed E-state index contributed by atoms with van der Waals surface area (Å²) in [5.41, 5.74) is 1.14. The van der Waals surface area contributed by atoms with Crippen LogP contribution in [0, 0.1) is 17.1 Å². The van der Waals surface area contributed by atoms with Crippen LogP contribution in [0.4, 0.5) is 4.39 Å². The molecule has 1 N–H and O–H groups in total. The maximum absolute atomic E-state index is 13.2. The Labute approximate surface area is 110 Å². The van der Waals surface area contributed by atoms with E-state index in [2.05, 4.69) is 18.3 Å². The summed E-state index contributed by atoms with van der Waals surface area (Å²) >= 11 is 1.69. The fourth-order valence-corrected chi connectivity index (χ4v) is 2.49. The number of nitrogens with one attached hydrogen (secondary N) is 1. The highest BCUT2D eigenvalue weighted by Gasteiger charge is 2.06. The molecule has 0 saturated carbocycles. The molecule has 92 valence electrons. The lowest BCUT2D eigenvalue weighted by Gasteiger charge is -2.12. The minimum absolute atomic E-state index is 0.221. The normalized spacial score (nSPS) is 12.1. The molecule has 2 aromatic rings. The first-order valence-electron chi connectivity index (χ1n) is 5.65. The lowest BCUT2D eigenvalue weighted by molar-refractivity contribution is 0.576. The Balaban J connectivity index is 2.02. The Morgan fingerprint density at radius 3 is 2.94 bits per heavy atom. The van der Waals surface area contributed by atoms with Crippen LogP contribution in [-0.2, 0) is 6.54 Å².